The molecule has 0 aliphatic carbocycles. The van der Waals surface area contributed by atoms with E-state index in [2.05, 4.69) is 16.5 Å². The molecular weight excluding hydrogens is 610 g/mol. The minimum absolute atomic E-state index is 0.00803. The summed E-state index contributed by atoms with van der Waals surface area (Å²) in [4.78, 5) is 55.1. The van der Waals surface area contributed by atoms with Gasteiger partial charge in [-0.2, -0.15) is 0 Å². The number of anilines is 2. The first-order valence-electron chi connectivity index (χ1n) is 15.1. The van der Waals surface area contributed by atoms with E-state index >= 15 is 8.78 Å². The number of nitrogens with zero attached hydrogens (tertiary/aromatic N) is 6. The number of hydrogen-bond acceptors (Lipinski definition) is 8. The van der Waals surface area contributed by atoms with Crippen molar-refractivity contribution in [2.45, 2.75) is 45.2 Å². The fraction of sp³-hybridized carbons (Fsp3) is 0.324. The highest BCUT2D eigenvalue weighted by atomic mass is 19.1. The van der Waals surface area contributed by atoms with Crippen molar-refractivity contribution < 1.29 is 28.6 Å². The van der Waals surface area contributed by atoms with Crippen LogP contribution in [0.2, 0.25) is 0 Å². The topological polar surface area (TPSA) is 132 Å². The lowest BCUT2D eigenvalue weighted by Crippen LogP contribution is -2.75. The minimum Gasteiger partial charge on any atom is -0.507 e. The second-order valence-corrected chi connectivity index (χ2v) is 12.4. The summed E-state index contributed by atoms with van der Waals surface area (Å²) in [5.41, 5.74) is -1.98. The number of likely N-dealkylation sites (N-methyl/N-ethyl adjacent to an activating group) is 1. The van der Waals surface area contributed by atoms with Gasteiger partial charge in [-0.15, -0.1) is 0 Å². The van der Waals surface area contributed by atoms with Crippen LogP contribution in [0.1, 0.15) is 37.9 Å². The van der Waals surface area contributed by atoms with Gasteiger partial charge in [0.15, 0.2) is 17.0 Å². The van der Waals surface area contributed by atoms with Gasteiger partial charge in [0.25, 0.3) is 11.5 Å². The van der Waals surface area contributed by atoms with E-state index in [1.165, 1.54) is 28.6 Å². The summed E-state index contributed by atoms with van der Waals surface area (Å²) in [5.74, 6) is -3.75. The van der Waals surface area contributed by atoms with E-state index in [0.29, 0.717) is 16.9 Å². The van der Waals surface area contributed by atoms with Gasteiger partial charge in [-0.25, -0.2) is 13.8 Å². The summed E-state index contributed by atoms with van der Waals surface area (Å²) in [6.45, 7) is 9.89. The van der Waals surface area contributed by atoms with Gasteiger partial charge < -0.3 is 24.9 Å². The molecule has 11 nitrogen and oxygen atoms in total. The number of fused-ring (bicyclic) bond motifs is 5. The molecule has 0 saturated carbocycles. The Kier molecular flexibility index (Phi) is 7.62. The molecule has 2 N–H and O–H groups in total. The number of piperazine rings is 1. The van der Waals surface area contributed by atoms with E-state index in [9.17, 15) is 24.6 Å². The number of pyridine rings is 3. The van der Waals surface area contributed by atoms with E-state index < -0.39 is 64.2 Å². The van der Waals surface area contributed by atoms with Crippen LogP contribution in [0, 0.1) is 18.6 Å². The first kappa shape index (κ1) is 31.8. The molecule has 0 radical (unpaired) electrons. The van der Waals surface area contributed by atoms with Gasteiger partial charge >= 0.3 is 0 Å². The molecule has 13 heteroatoms. The zero-order chi connectivity index (χ0) is 34.1. The fourth-order valence-corrected chi connectivity index (χ4v) is 6.82. The van der Waals surface area contributed by atoms with Crippen LogP contribution in [-0.4, -0.2) is 79.8 Å². The van der Waals surface area contributed by atoms with Crippen LogP contribution in [0.3, 0.4) is 0 Å². The van der Waals surface area contributed by atoms with Crippen molar-refractivity contribution >= 4 is 34.2 Å². The number of rotatable bonds is 5. The van der Waals surface area contributed by atoms with Gasteiger partial charge in [0.1, 0.15) is 22.9 Å². The zero-order valence-electron chi connectivity index (χ0n) is 26.6. The number of phenols is 1. The van der Waals surface area contributed by atoms with E-state index in [1.54, 1.807) is 31.0 Å². The lowest BCUT2D eigenvalue weighted by Gasteiger charge is -2.56. The monoisotopic (exact) mass is 644 g/mol. The molecule has 0 spiro atoms. The van der Waals surface area contributed by atoms with Gasteiger partial charge in [0.2, 0.25) is 5.91 Å². The minimum atomic E-state index is -1.73. The number of carbonyl (C=O) groups excluding carboxylic acids is 2. The predicted molar refractivity (Wildman–Crippen MR) is 173 cm³/mol. The molecule has 2 atom stereocenters. The molecule has 1 fully saturated rings. The van der Waals surface area contributed by atoms with Gasteiger partial charge in [-0.3, -0.25) is 23.9 Å². The molecule has 2 amide bonds. The second-order valence-electron chi connectivity index (χ2n) is 12.4. The molecule has 0 bridgehead atoms. The van der Waals surface area contributed by atoms with Crippen molar-refractivity contribution in [2.75, 3.05) is 36.5 Å². The van der Waals surface area contributed by atoms with E-state index in [1.807, 2.05) is 13.8 Å². The van der Waals surface area contributed by atoms with Gasteiger partial charge in [-0.05, 0) is 55.7 Å². The predicted octanol–water partition coefficient (Wildman–Crippen LogP) is 3.79. The lowest BCUT2D eigenvalue weighted by atomic mass is 9.86. The number of aromatic nitrogens is 3. The molecule has 47 heavy (non-hydrogen) atoms. The first-order valence-corrected chi connectivity index (χ1v) is 15.1. The number of amides is 2. The Hall–Kier alpha value is -5.17. The van der Waals surface area contributed by atoms with Crippen molar-refractivity contribution in [3.05, 3.63) is 82.4 Å². The Bertz CT molecular complexity index is 2040. The summed E-state index contributed by atoms with van der Waals surface area (Å²) >= 11 is 0. The molecule has 244 valence electrons. The van der Waals surface area contributed by atoms with Crippen LogP contribution in [0.25, 0.3) is 28.0 Å². The molecule has 1 aromatic carbocycles. The molecule has 1 saturated heterocycles. The van der Waals surface area contributed by atoms with Gasteiger partial charge in [0, 0.05) is 31.2 Å². The quantitative estimate of drug-likeness (QED) is 0.314. The zero-order valence-corrected chi connectivity index (χ0v) is 26.6. The average Bonchev–Trinajstić information content (AvgIpc) is 3.03. The number of hydrogen-bond donors (Lipinski definition) is 2. The van der Waals surface area contributed by atoms with E-state index in [0.717, 1.165) is 23.1 Å². The molecule has 3 aromatic heterocycles. The molecule has 5 heterocycles. The number of benzene rings is 1. The summed E-state index contributed by atoms with van der Waals surface area (Å²) in [5, 5.41) is 21.5. The summed E-state index contributed by atoms with van der Waals surface area (Å²) in [6.07, 6.45) is 2.73. The molecule has 4 aromatic rings. The number of carbonyl (C=O) groups is 2. The lowest BCUT2D eigenvalue weighted by molar-refractivity contribution is -0.135. The fourth-order valence-electron chi connectivity index (χ4n) is 6.82. The van der Waals surface area contributed by atoms with Gasteiger partial charge in [0.05, 0.1) is 35.8 Å². The summed E-state index contributed by atoms with van der Waals surface area (Å²) in [7, 11) is 1.39. The second kappa shape index (κ2) is 11.3. The highest BCUT2D eigenvalue weighted by Gasteiger charge is 2.56. The summed E-state index contributed by atoms with van der Waals surface area (Å²) < 4.78 is 32.7. The van der Waals surface area contributed by atoms with Gasteiger partial charge in [-0.1, -0.05) is 26.5 Å². The smallest absolute Gasteiger partial charge is 0.283 e. The molecule has 2 aliphatic rings. The van der Waals surface area contributed by atoms with Crippen molar-refractivity contribution in [3.63, 3.8) is 0 Å². The molecule has 6 rings (SSSR count). The van der Waals surface area contributed by atoms with Crippen molar-refractivity contribution in [1.82, 2.24) is 19.4 Å². The Morgan fingerprint density at radius 3 is 2.53 bits per heavy atom. The van der Waals surface area contributed by atoms with Crippen LogP contribution >= 0.6 is 0 Å². The van der Waals surface area contributed by atoms with E-state index in [-0.39, 0.29) is 41.4 Å². The maximum absolute atomic E-state index is 16.3. The highest BCUT2D eigenvalue weighted by Crippen LogP contribution is 2.46. The Morgan fingerprint density at radius 2 is 1.89 bits per heavy atom. The SMILES string of the molecule is C=CC(=O)N1C[C@]2(CO)C(=O)N(C)c3c(c4cc(F)c(-c5c(O)cccc5F)nc4n(-c4c(C)ccnc4C(C)C)c3=O)N2C[C@H]1C. The Morgan fingerprint density at radius 1 is 1.17 bits per heavy atom. The van der Waals surface area contributed by atoms with E-state index in [4.69, 9.17) is 0 Å². The molecule has 0 unspecified atom stereocenters. The first-order chi connectivity index (χ1) is 22.3. The maximum atomic E-state index is 16.3. The number of phenolic OH excluding ortho intramolecular Hbond substituents is 1. The largest absolute Gasteiger partial charge is 0.507 e. The Labute approximate surface area is 269 Å². The van der Waals surface area contributed by atoms with Crippen LogP contribution in [0.5, 0.6) is 5.75 Å². The third-order valence-corrected chi connectivity index (χ3v) is 9.16. The normalized spacial score (nSPS) is 19.3. The number of aliphatic hydroxyl groups is 1. The maximum Gasteiger partial charge on any atom is 0.283 e. The number of aromatic hydroxyl groups is 1. The van der Waals surface area contributed by atoms with Crippen LogP contribution in [0.4, 0.5) is 20.2 Å². The average molecular weight is 645 g/mol. The highest BCUT2D eigenvalue weighted by molar-refractivity contribution is 6.14. The third kappa shape index (κ3) is 4.51. The van der Waals surface area contributed by atoms with Crippen molar-refractivity contribution in [2.24, 2.45) is 0 Å². The summed E-state index contributed by atoms with van der Waals surface area (Å²) in [6, 6.07) is 5.82. The Balaban J connectivity index is 1.80. The number of halogens is 2. The molecule has 2 aliphatic heterocycles. The third-order valence-electron chi connectivity index (χ3n) is 9.16. The molecular formula is C34H34F2N6O5. The standard InChI is InChI=1S/C34H34F2N6O5/c1-7-24(45)40-15-34(16-43)33(47)39(6)30-29(41(34)14-19(40)5)20-13-22(36)27(25-21(35)9-8-10-23(25)44)38-31(20)42(32(30)46)28-18(4)11-12-37-26(28)17(2)3/h7-13,17,19,43-44H,1,14-16H2,2-6H3/t19-,34+/m1/s1. The number of aryl methyl sites for hydroxylation is 1. The van der Waals surface area contributed by atoms with Crippen molar-refractivity contribution in [1.29, 1.82) is 0 Å². The van der Waals surface area contributed by atoms with Crippen LogP contribution in [-0.2, 0) is 9.59 Å². The van der Waals surface area contributed by atoms with Crippen LogP contribution in [0.15, 0.2) is 54.0 Å². The number of aliphatic hydroxyl groups excluding tert-OH is 1. The van der Waals surface area contributed by atoms with Crippen molar-refractivity contribution in [3.8, 4) is 22.7 Å². The van der Waals surface area contributed by atoms with Crippen LogP contribution < -0.4 is 15.4 Å².